The van der Waals surface area contributed by atoms with Gasteiger partial charge in [0.2, 0.25) is 0 Å². The van der Waals surface area contributed by atoms with Crippen LogP contribution in [0.4, 0.5) is 0 Å². The number of amides is 1. The second-order valence-corrected chi connectivity index (χ2v) is 6.83. The van der Waals surface area contributed by atoms with Gasteiger partial charge in [-0.2, -0.15) is 0 Å². The minimum Gasteiger partial charge on any atom is -0.457 e. The fourth-order valence-corrected chi connectivity index (χ4v) is 3.73. The fourth-order valence-electron chi connectivity index (χ4n) is 3.73. The maximum absolute atomic E-state index is 12.2. The van der Waals surface area contributed by atoms with Crippen molar-refractivity contribution >= 4 is 5.91 Å². The number of benzene rings is 2. The highest BCUT2D eigenvalue weighted by Crippen LogP contribution is 2.43. The Bertz CT molecular complexity index is 969. The monoisotopic (exact) mass is 346 g/mol. The van der Waals surface area contributed by atoms with Crippen LogP contribution in [0.2, 0.25) is 0 Å². The molecule has 1 aliphatic rings. The Hall–Kier alpha value is -3.01. The zero-order chi connectivity index (χ0) is 18.3. The number of aromatic nitrogens is 1. The van der Waals surface area contributed by atoms with Crippen LogP contribution < -0.4 is 10.5 Å². The first kappa shape index (κ1) is 16.5. The zero-order valence-corrected chi connectivity index (χ0v) is 15.0. The summed E-state index contributed by atoms with van der Waals surface area (Å²) in [5, 5.41) is 0. The highest BCUT2D eigenvalue weighted by molar-refractivity contribution is 6.02. The molecule has 26 heavy (non-hydrogen) atoms. The van der Waals surface area contributed by atoms with Gasteiger partial charge in [0.15, 0.2) is 0 Å². The number of ether oxygens (including phenoxy) is 1. The predicted octanol–water partition coefficient (Wildman–Crippen LogP) is 5.00. The van der Waals surface area contributed by atoms with Gasteiger partial charge in [-0.1, -0.05) is 30.3 Å². The van der Waals surface area contributed by atoms with Gasteiger partial charge in [-0.25, -0.2) is 0 Å². The number of hydrogen-bond donors (Lipinski definition) is 1. The molecule has 1 aliphatic carbocycles. The van der Waals surface area contributed by atoms with Crippen LogP contribution in [0.3, 0.4) is 0 Å². The van der Waals surface area contributed by atoms with Gasteiger partial charge in [0.1, 0.15) is 11.5 Å². The average Bonchev–Trinajstić information content (AvgIpc) is 3.41. The molecule has 0 unspecified atom stereocenters. The first-order chi connectivity index (χ1) is 12.6. The van der Waals surface area contributed by atoms with E-state index in [1.807, 2.05) is 61.5 Å². The van der Waals surface area contributed by atoms with Crippen LogP contribution in [0.25, 0.3) is 11.1 Å². The summed E-state index contributed by atoms with van der Waals surface area (Å²) in [6.07, 6.45) is 2.32. The average molecular weight is 346 g/mol. The number of carbonyl (C=O) groups excluding carboxylic acids is 1. The van der Waals surface area contributed by atoms with E-state index >= 15 is 0 Å². The SMILES string of the molecule is Cc1c(C(N)=O)c(-c2cccc(Oc3ccccc3)c2)c(C)n1C1CC1. The molecule has 1 aromatic heterocycles. The maximum atomic E-state index is 12.2. The molecule has 2 aromatic carbocycles. The van der Waals surface area contributed by atoms with E-state index < -0.39 is 0 Å². The third-order valence-corrected chi connectivity index (χ3v) is 4.96. The molecule has 1 amide bonds. The van der Waals surface area contributed by atoms with Crippen molar-refractivity contribution in [1.29, 1.82) is 0 Å². The van der Waals surface area contributed by atoms with E-state index in [1.165, 1.54) is 0 Å². The Morgan fingerprint density at radius 2 is 1.69 bits per heavy atom. The molecule has 1 heterocycles. The molecule has 4 nitrogen and oxygen atoms in total. The summed E-state index contributed by atoms with van der Waals surface area (Å²) in [4.78, 5) is 12.2. The summed E-state index contributed by atoms with van der Waals surface area (Å²) >= 11 is 0. The molecule has 3 aromatic rings. The number of para-hydroxylation sites is 1. The summed E-state index contributed by atoms with van der Waals surface area (Å²) in [7, 11) is 0. The Balaban J connectivity index is 1.79. The molecule has 0 radical (unpaired) electrons. The molecule has 0 spiro atoms. The van der Waals surface area contributed by atoms with Crippen molar-refractivity contribution in [3.05, 3.63) is 71.5 Å². The third kappa shape index (κ3) is 2.88. The molecule has 0 atom stereocenters. The van der Waals surface area contributed by atoms with Crippen LogP contribution in [0.5, 0.6) is 11.5 Å². The first-order valence-electron chi connectivity index (χ1n) is 8.91. The van der Waals surface area contributed by atoms with Gasteiger partial charge < -0.3 is 15.0 Å². The summed E-state index contributed by atoms with van der Waals surface area (Å²) < 4.78 is 8.22. The molecule has 0 saturated heterocycles. The van der Waals surface area contributed by atoms with Gasteiger partial charge in [0.25, 0.3) is 5.91 Å². The van der Waals surface area contributed by atoms with Crippen molar-refractivity contribution < 1.29 is 9.53 Å². The number of rotatable bonds is 5. The largest absolute Gasteiger partial charge is 0.457 e. The lowest BCUT2D eigenvalue weighted by Gasteiger charge is -2.10. The first-order valence-corrected chi connectivity index (χ1v) is 8.91. The van der Waals surface area contributed by atoms with E-state index in [0.29, 0.717) is 11.6 Å². The fraction of sp³-hybridized carbons (Fsp3) is 0.227. The van der Waals surface area contributed by atoms with E-state index in [2.05, 4.69) is 11.5 Å². The molecule has 1 fully saturated rings. The second-order valence-electron chi connectivity index (χ2n) is 6.83. The third-order valence-electron chi connectivity index (χ3n) is 4.96. The van der Waals surface area contributed by atoms with E-state index in [1.54, 1.807) is 0 Å². The van der Waals surface area contributed by atoms with Gasteiger partial charge >= 0.3 is 0 Å². The lowest BCUT2D eigenvalue weighted by molar-refractivity contribution is 0.1000. The highest BCUT2D eigenvalue weighted by atomic mass is 16.5. The van der Waals surface area contributed by atoms with Gasteiger partial charge in [0, 0.05) is 23.0 Å². The number of nitrogens with two attached hydrogens (primary N) is 1. The van der Waals surface area contributed by atoms with E-state index in [0.717, 1.165) is 46.9 Å². The Morgan fingerprint density at radius 1 is 1.00 bits per heavy atom. The molecule has 0 aliphatic heterocycles. The Labute approximate surface area is 153 Å². The Morgan fingerprint density at radius 3 is 2.35 bits per heavy atom. The summed E-state index contributed by atoms with van der Waals surface area (Å²) in [6.45, 7) is 4.05. The number of carbonyl (C=O) groups is 1. The molecular formula is C22H22N2O2. The predicted molar refractivity (Wildman–Crippen MR) is 103 cm³/mol. The highest BCUT2D eigenvalue weighted by Gasteiger charge is 2.31. The van der Waals surface area contributed by atoms with Crippen LogP contribution >= 0.6 is 0 Å². The van der Waals surface area contributed by atoms with E-state index in [4.69, 9.17) is 10.5 Å². The zero-order valence-electron chi connectivity index (χ0n) is 15.0. The van der Waals surface area contributed by atoms with Gasteiger partial charge in [-0.05, 0) is 56.5 Å². The maximum Gasteiger partial charge on any atom is 0.251 e. The van der Waals surface area contributed by atoms with Crippen LogP contribution in [0, 0.1) is 13.8 Å². The molecule has 4 rings (SSSR count). The summed E-state index contributed by atoms with van der Waals surface area (Å²) in [5.41, 5.74) is 10.3. The van der Waals surface area contributed by atoms with Crippen molar-refractivity contribution in [1.82, 2.24) is 4.57 Å². The quantitative estimate of drug-likeness (QED) is 0.707. The van der Waals surface area contributed by atoms with E-state index in [9.17, 15) is 4.79 Å². The summed E-state index contributed by atoms with van der Waals surface area (Å²) in [6, 6.07) is 18.0. The number of nitrogens with zero attached hydrogens (tertiary/aromatic N) is 1. The van der Waals surface area contributed by atoms with Gasteiger partial charge in [0.05, 0.1) is 5.56 Å². The molecule has 2 N–H and O–H groups in total. The van der Waals surface area contributed by atoms with Crippen LogP contribution in [-0.4, -0.2) is 10.5 Å². The minimum absolute atomic E-state index is 0.380. The van der Waals surface area contributed by atoms with E-state index in [-0.39, 0.29) is 5.91 Å². The van der Waals surface area contributed by atoms with Crippen molar-refractivity contribution in [3.63, 3.8) is 0 Å². The van der Waals surface area contributed by atoms with Crippen molar-refractivity contribution in [2.24, 2.45) is 5.73 Å². The van der Waals surface area contributed by atoms with Crippen molar-refractivity contribution in [2.45, 2.75) is 32.7 Å². The lowest BCUT2D eigenvalue weighted by atomic mass is 10.00. The van der Waals surface area contributed by atoms with Crippen molar-refractivity contribution in [3.8, 4) is 22.6 Å². The van der Waals surface area contributed by atoms with Gasteiger partial charge in [-0.15, -0.1) is 0 Å². The van der Waals surface area contributed by atoms with Crippen LogP contribution in [0.15, 0.2) is 54.6 Å². The van der Waals surface area contributed by atoms with Crippen molar-refractivity contribution in [2.75, 3.05) is 0 Å². The number of primary amides is 1. The summed E-state index contributed by atoms with van der Waals surface area (Å²) in [5.74, 6) is 1.14. The van der Waals surface area contributed by atoms with Crippen LogP contribution in [0.1, 0.15) is 40.6 Å². The number of hydrogen-bond acceptors (Lipinski definition) is 2. The minimum atomic E-state index is -0.380. The standard InChI is InChI=1S/C22H22N2O2/c1-14-20(21(22(23)25)15(2)24(14)17-11-12-17)16-7-6-10-19(13-16)26-18-8-4-3-5-9-18/h3-10,13,17H,11-12H2,1-2H3,(H2,23,25). The van der Waals surface area contributed by atoms with Crippen LogP contribution in [-0.2, 0) is 0 Å². The molecule has 0 bridgehead atoms. The molecule has 4 heteroatoms. The Kier molecular flexibility index (Phi) is 4.03. The molecule has 1 saturated carbocycles. The lowest BCUT2D eigenvalue weighted by Crippen LogP contribution is -2.13. The smallest absolute Gasteiger partial charge is 0.251 e. The second kappa shape index (κ2) is 6.37. The normalized spacial score (nSPS) is 13.6. The topological polar surface area (TPSA) is 57.3 Å². The molecular weight excluding hydrogens is 324 g/mol. The molecule has 132 valence electrons. The van der Waals surface area contributed by atoms with Gasteiger partial charge in [-0.3, -0.25) is 4.79 Å².